The monoisotopic (exact) mass is 719 g/mol. The van der Waals surface area contributed by atoms with Crippen LogP contribution in [-0.2, 0) is 9.59 Å². The van der Waals surface area contributed by atoms with E-state index in [-0.39, 0.29) is 46.8 Å². The molecule has 10 nitrogen and oxygen atoms in total. The van der Waals surface area contributed by atoms with Crippen molar-refractivity contribution in [1.82, 2.24) is 5.32 Å². The van der Waals surface area contributed by atoms with Crippen molar-refractivity contribution in [2.75, 3.05) is 0 Å². The van der Waals surface area contributed by atoms with Crippen LogP contribution in [0.2, 0.25) is 0 Å². The first-order chi connectivity index (χ1) is 23.9. The van der Waals surface area contributed by atoms with Crippen molar-refractivity contribution in [3.63, 3.8) is 0 Å². The fourth-order valence-electron chi connectivity index (χ4n) is 5.62. The molecule has 3 aliphatic rings. The standard InChI is InChI=1S/C40H46ClNO9/c1-20-11-9-8-10-12-23(4)40(51)42-34-33(41)39(50)31-28(38(34)49)18-26(7)37(48)32(31)36(47)25(6)17-24(5)35(46)22(3)14-16-27(43)15-13-21(2)30(45)19-29(20)44/h8-14,16-18,20,22,24,27,29,35,43-44,46,48H,15,19H2,1-7H3,(H,42,51)/b10-8+,11-9-,16-14-,21-13-,23-12-,25-17+/t20-,22-,24-,27-,29-,35-/m0/s1. The summed E-state index contributed by atoms with van der Waals surface area (Å²) >= 11 is 6.36. The van der Waals surface area contributed by atoms with Crippen LogP contribution in [0.4, 0.5) is 0 Å². The zero-order valence-electron chi connectivity index (χ0n) is 29.9. The van der Waals surface area contributed by atoms with Gasteiger partial charge in [-0.15, -0.1) is 0 Å². The molecule has 0 unspecified atom stereocenters. The van der Waals surface area contributed by atoms with E-state index in [1.54, 1.807) is 64.2 Å². The van der Waals surface area contributed by atoms with E-state index in [1.165, 1.54) is 45.1 Å². The van der Waals surface area contributed by atoms with Crippen LogP contribution in [0.5, 0.6) is 5.75 Å². The van der Waals surface area contributed by atoms with Gasteiger partial charge in [-0.25, -0.2) is 0 Å². The highest BCUT2D eigenvalue weighted by Gasteiger charge is 2.38. The minimum absolute atomic E-state index is 0.0812. The molecule has 1 amide bonds. The van der Waals surface area contributed by atoms with Crippen molar-refractivity contribution in [3.8, 4) is 5.75 Å². The van der Waals surface area contributed by atoms with E-state index >= 15 is 0 Å². The van der Waals surface area contributed by atoms with Crippen LogP contribution in [-0.4, -0.2) is 67.8 Å². The van der Waals surface area contributed by atoms with Crippen LogP contribution in [0, 0.1) is 24.7 Å². The number of hydrogen-bond donors (Lipinski definition) is 5. The highest BCUT2D eigenvalue weighted by molar-refractivity contribution is 6.51. The number of phenols is 1. The predicted molar refractivity (Wildman–Crippen MR) is 195 cm³/mol. The largest absolute Gasteiger partial charge is 0.507 e. The Morgan fingerprint density at radius 2 is 1.41 bits per heavy atom. The molecule has 4 rings (SSSR count). The molecule has 0 saturated heterocycles. The molecular weight excluding hydrogens is 674 g/mol. The molecule has 1 aromatic rings. The van der Waals surface area contributed by atoms with Gasteiger partial charge in [0.15, 0.2) is 11.6 Å². The van der Waals surface area contributed by atoms with E-state index in [0.717, 1.165) is 0 Å². The summed E-state index contributed by atoms with van der Waals surface area (Å²) in [5.74, 6) is -5.47. The van der Waals surface area contributed by atoms with Gasteiger partial charge in [0.1, 0.15) is 16.5 Å². The first-order valence-corrected chi connectivity index (χ1v) is 17.1. The normalized spacial score (nSPS) is 31.6. The van der Waals surface area contributed by atoms with Crippen molar-refractivity contribution in [2.24, 2.45) is 17.8 Å². The molecule has 0 spiro atoms. The lowest BCUT2D eigenvalue weighted by Crippen LogP contribution is -2.34. The number of phenolic OH excluding ortho intramolecular Hbond substituents is 1. The summed E-state index contributed by atoms with van der Waals surface area (Å²) in [6.45, 7) is 11.2. The number of halogens is 1. The number of fused-ring (bicyclic) bond motifs is 18. The fraction of sp³-hybridized carbons (Fsp3) is 0.375. The third-order valence-corrected chi connectivity index (χ3v) is 9.47. The van der Waals surface area contributed by atoms with E-state index < -0.39 is 81.0 Å². The van der Waals surface area contributed by atoms with Gasteiger partial charge in [0.25, 0.3) is 5.91 Å². The third-order valence-electron chi connectivity index (χ3n) is 9.11. The van der Waals surface area contributed by atoms with Gasteiger partial charge in [-0.2, -0.15) is 0 Å². The van der Waals surface area contributed by atoms with Gasteiger partial charge >= 0.3 is 0 Å². The second-order valence-electron chi connectivity index (χ2n) is 13.3. The smallest absolute Gasteiger partial charge is 0.251 e. The molecule has 0 saturated carbocycles. The molecule has 0 aromatic heterocycles. The molecule has 272 valence electrons. The average molecular weight is 720 g/mol. The fourth-order valence-corrected chi connectivity index (χ4v) is 5.85. The summed E-state index contributed by atoms with van der Waals surface area (Å²) in [6, 6.07) is 1.26. The number of hydrogen-bond acceptors (Lipinski definition) is 9. The Hall–Kier alpha value is -4.48. The lowest BCUT2D eigenvalue weighted by Gasteiger charge is -2.23. The molecule has 5 N–H and O–H groups in total. The van der Waals surface area contributed by atoms with E-state index in [1.807, 2.05) is 0 Å². The van der Waals surface area contributed by atoms with Gasteiger partial charge in [-0.3, -0.25) is 24.0 Å². The molecule has 0 fully saturated rings. The Labute approximate surface area is 303 Å². The molecular formula is C40H46ClNO9. The molecule has 1 aromatic carbocycles. The van der Waals surface area contributed by atoms with Crippen molar-refractivity contribution in [1.29, 1.82) is 0 Å². The summed E-state index contributed by atoms with van der Waals surface area (Å²) in [7, 11) is 0. The molecule has 6 atom stereocenters. The number of ketones is 4. The highest BCUT2D eigenvalue weighted by atomic mass is 35.5. The zero-order valence-corrected chi connectivity index (χ0v) is 30.6. The highest BCUT2D eigenvalue weighted by Crippen LogP contribution is 2.37. The van der Waals surface area contributed by atoms with E-state index in [9.17, 15) is 44.4 Å². The third kappa shape index (κ3) is 9.86. The van der Waals surface area contributed by atoms with Crippen molar-refractivity contribution >= 4 is 40.6 Å². The summed E-state index contributed by atoms with van der Waals surface area (Å²) in [5.41, 5.74) is -0.708. The van der Waals surface area contributed by atoms with E-state index in [4.69, 9.17) is 11.6 Å². The van der Waals surface area contributed by atoms with Crippen LogP contribution in [0.25, 0.3) is 0 Å². The first-order valence-electron chi connectivity index (χ1n) is 16.7. The number of aliphatic hydroxyl groups is 3. The van der Waals surface area contributed by atoms with Crippen LogP contribution in [0.3, 0.4) is 0 Å². The summed E-state index contributed by atoms with van der Waals surface area (Å²) in [5, 5.41) is 44.9. The van der Waals surface area contributed by atoms with Crippen LogP contribution >= 0.6 is 11.6 Å². The van der Waals surface area contributed by atoms with Crippen LogP contribution in [0.1, 0.15) is 91.0 Å². The minimum Gasteiger partial charge on any atom is -0.507 e. The van der Waals surface area contributed by atoms with E-state index in [0.29, 0.717) is 5.57 Å². The van der Waals surface area contributed by atoms with Crippen molar-refractivity contribution in [3.05, 3.63) is 110 Å². The Balaban J connectivity index is 2.08. The number of benzene rings is 1. The number of amides is 1. The number of aromatic hydroxyl groups is 1. The van der Waals surface area contributed by atoms with Gasteiger partial charge in [0.05, 0.1) is 23.9 Å². The first kappa shape index (κ1) is 40.9. The zero-order chi connectivity index (χ0) is 38.3. The topological polar surface area (TPSA) is 178 Å². The van der Waals surface area contributed by atoms with E-state index in [2.05, 4.69) is 5.32 Å². The lowest BCUT2D eigenvalue weighted by atomic mass is 9.83. The quantitative estimate of drug-likeness (QED) is 0.211. The predicted octanol–water partition coefficient (Wildman–Crippen LogP) is 5.69. The number of carbonyl (C=O) groups is 5. The number of aryl methyl sites for hydroxylation is 1. The van der Waals surface area contributed by atoms with Crippen molar-refractivity contribution in [2.45, 2.75) is 79.6 Å². The molecule has 51 heavy (non-hydrogen) atoms. The lowest BCUT2D eigenvalue weighted by molar-refractivity contribution is -0.118. The van der Waals surface area contributed by atoms with Gasteiger partial charge in [-0.05, 0) is 56.9 Å². The summed E-state index contributed by atoms with van der Waals surface area (Å²) in [4.78, 5) is 66.8. The maximum absolute atomic E-state index is 13.8. The maximum Gasteiger partial charge on any atom is 0.251 e. The Morgan fingerprint density at radius 3 is 2.08 bits per heavy atom. The maximum atomic E-state index is 13.8. The van der Waals surface area contributed by atoms with Gasteiger partial charge in [0, 0.05) is 40.9 Å². The summed E-state index contributed by atoms with van der Waals surface area (Å²) < 4.78 is 0. The number of nitrogens with one attached hydrogen (secondary N) is 1. The van der Waals surface area contributed by atoms with Crippen molar-refractivity contribution < 1.29 is 44.4 Å². The second-order valence-corrected chi connectivity index (χ2v) is 13.7. The molecule has 0 radical (unpaired) electrons. The van der Waals surface area contributed by atoms with Crippen LogP contribution < -0.4 is 5.32 Å². The number of aliphatic hydroxyl groups excluding tert-OH is 3. The second kappa shape index (κ2) is 17.6. The average Bonchev–Trinajstić information content (AvgIpc) is 3.09. The van der Waals surface area contributed by atoms with Gasteiger partial charge in [-0.1, -0.05) is 87.1 Å². The molecule has 1 aliphatic carbocycles. The Kier molecular flexibility index (Phi) is 14.2. The molecule has 11 heteroatoms. The van der Waals surface area contributed by atoms with Gasteiger partial charge in [0.2, 0.25) is 11.6 Å². The number of Topliss-reactive ketones (excluding diaryl/α,β-unsaturated/α-hetero) is 4. The summed E-state index contributed by atoms with van der Waals surface area (Å²) in [6.07, 6.45) is 11.3. The minimum atomic E-state index is -1.01. The SMILES string of the molecule is C/C1=C/C[C@H](O)/C=C\[C@H](C)[C@H](O)[C@@H](C)/C=C(\C)C(=O)c2c(O)c(C)cc3c2C(=O)C(Cl)=C(NC(=O)\C(C)=C/C=C/C=C\[C@H](C)[C@@H](O)CC1=O)C3=O. The Bertz CT molecular complexity index is 1820. The number of allylic oxidation sites excluding steroid dienone is 8. The molecule has 4 bridgehead atoms. The molecule has 2 heterocycles. The number of rotatable bonds is 0. The number of carbonyl (C=O) groups excluding carboxylic acids is 5. The van der Waals surface area contributed by atoms with Crippen LogP contribution in [0.15, 0.2) is 88.2 Å². The van der Waals surface area contributed by atoms with Gasteiger partial charge < -0.3 is 25.7 Å². The molecule has 2 aliphatic heterocycles. The Morgan fingerprint density at radius 1 is 0.745 bits per heavy atom.